The summed E-state index contributed by atoms with van der Waals surface area (Å²) in [5, 5.41) is 0. The predicted molar refractivity (Wildman–Crippen MR) is 83.0 cm³/mol. The molecule has 1 nitrogen and oxygen atoms in total. The molecule has 0 aliphatic carbocycles. The van der Waals surface area contributed by atoms with Crippen molar-refractivity contribution in [2.75, 3.05) is 0 Å². The van der Waals surface area contributed by atoms with E-state index in [2.05, 4.69) is 41.6 Å². The average Bonchev–Trinajstić information content (AvgIpc) is 2.40. The van der Waals surface area contributed by atoms with Gasteiger partial charge in [-0.15, -0.1) is 0 Å². The summed E-state index contributed by atoms with van der Waals surface area (Å²) in [5.74, 6) is 0.100. The maximum Gasteiger partial charge on any atom is 0.194 e. The highest BCUT2D eigenvalue weighted by Gasteiger charge is 2.12. The molecule has 0 saturated heterocycles. The van der Waals surface area contributed by atoms with Crippen LogP contribution in [0.2, 0.25) is 0 Å². The highest BCUT2D eigenvalue weighted by atomic mass is 127. The van der Waals surface area contributed by atoms with Crippen molar-refractivity contribution < 1.29 is 4.79 Å². The Kier molecular flexibility index (Phi) is 4.53. The smallest absolute Gasteiger partial charge is 0.194 e. The van der Waals surface area contributed by atoms with Gasteiger partial charge in [0.2, 0.25) is 0 Å². The topological polar surface area (TPSA) is 17.1 Å². The van der Waals surface area contributed by atoms with Crippen LogP contribution in [0.1, 0.15) is 34.8 Å². The van der Waals surface area contributed by atoms with Crippen LogP contribution >= 0.6 is 22.6 Å². The zero-order valence-corrected chi connectivity index (χ0v) is 12.5. The fraction of sp³-hybridized carbons (Fsp3) is 0.188. The first-order valence-corrected chi connectivity index (χ1v) is 7.18. The molecule has 2 rings (SSSR count). The van der Waals surface area contributed by atoms with E-state index in [1.165, 1.54) is 5.56 Å². The molecule has 0 aliphatic heterocycles. The second kappa shape index (κ2) is 6.14. The molecule has 0 bridgehead atoms. The molecule has 0 atom stereocenters. The first kappa shape index (κ1) is 13.3. The molecule has 2 heteroatoms. The number of carbonyl (C=O) groups excluding carboxylic acids is 1. The van der Waals surface area contributed by atoms with Crippen LogP contribution in [-0.2, 0) is 6.42 Å². The van der Waals surface area contributed by atoms with Gasteiger partial charge in [-0.2, -0.15) is 0 Å². The van der Waals surface area contributed by atoms with Gasteiger partial charge in [-0.25, -0.2) is 0 Å². The second-order valence-electron chi connectivity index (χ2n) is 4.26. The lowest BCUT2D eigenvalue weighted by molar-refractivity contribution is 0.103. The minimum Gasteiger partial charge on any atom is -0.289 e. The Balaban J connectivity index is 2.32. The van der Waals surface area contributed by atoms with E-state index in [0.717, 1.165) is 27.5 Å². The molecular weight excluding hydrogens is 335 g/mol. The van der Waals surface area contributed by atoms with Crippen molar-refractivity contribution in [2.24, 2.45) is 0 Å². The van der Waals surface area contributed by atoms with Gasteiger partial charge in [-0.3, -0.25) is 4.79 Å². The zero-order chi connectivity index (χ0) is 13.0. The monoisotopic (exact) mass is 350 g/mol. The molecule has 0 aliphatic rings. The van der Waals surface area contributed by atoms with Gasteiger partial charge in [0.05, 0.1) is 0 Å². The van der Waals surface area contributed by atoms with Crippen LogP contribution in [0, 0.1) is 3.57 Å². The number of ketones is 1. The highest BCUT2D eigenvalue weighted by molar-refractivity contribution is 14.1. The van der Waals surface area contributed by atoms with Crippen molar-refractivity contribution >= 4 is 28.4 Å². The molecule has 0 unspecified atom stereocenters. The number of benzene rings is 2. The molecule has 0 radical (unpaired) electrons. The van der Waals surface area contributed by atoms with E-state index >= 15 is 0 Å². The summed E-state index contributed by atoms with van der Waals surface area (Å²) in [7, 11) is 0. The van der Waals surface area contributed by atoms with E-state index < -0.39 is 0 Å². The zero-order valence-electron chi connectivity index (χ0n) is 10.3. The standard InChI is InChI=1S/C16H15IO/c1-2-6-12-9-10-14(15(17)11-12)16(18)13-7-4-3-5-8-13/h3-5,7-11H,2,6H2,1H3. The van der Waals surface area contributed by atoms with Crippen molar-refractivity contribution in [3.8, 4) is 0 Å². The van der Waals surface area contributed by atoms with E-state index in [4.69, 9.17) is 0 Å². The van der Waals surface area contributed by atoms with Crippen molar-refractivity contribution in [3.63, 3.8) is 0 Å². The molecule has 0 heterocycles. The van der Waals surface area contributed by atoms with Crippen LogP contribution in [0.15, 0.2) is 48.5 Å². The summed E-state index contributed by atoms with van der Waals surface area (Å²) in [4.78, 5) is 12.3. The van der Waals surface area contributed by atoms with Crippen LogP contribution < -0.4 is 0 Å². The molecular formula is C16H15IO. The second-order valence-corrected chi connectivity index (χ2v) is 5.42. The Morgan fingerprint density at radius 3 is 2.44 bits per heavy atom. The number of aryl methyl sites for hydroxylation is 1. The summed E-state index contributed by atoms with van der Waals surface area (Å²) in [5.41, 5.74) is 2.84. The van der Waals surface area contributed by atoms with E-state index in [9.17, 15) is 4.79 Å². The van der Waals surface area contributed by atoms with E-state index in [0.29, 0.717) is 0 Å². The van der Waals surface area contributed by atoms with Gasteiger partial charge in [0.15, 0.2) is 5.78 Å². The van der Waals surface area contributed by atoms with Crippen molar-refractivity contribution in [3.05, 3.63) is 68.8 Å². The third-order valence-electron chi connectivity index (χ3n) is 2.85. The first-order chi connectivity index (χ1) is 8.72. The Bertz CT molecular complexity index is 546. The lowest BCUT2D eigenvalue weighted by Gasteiger charge is -2.06. The predicted octanol–water partition coefficient (Wildman–Crippen LogP) is 4.47. The molecule has 92 valence electrons. The maximum absolute atomic E-state index is 12.3. The SMILES string of the molecule is CCCc1ccc(C(=O)c2ccccc2)c(I)c1. The number of hydrogen-bond donors (Lipinski definition) is 0. The van der Waals surface area contributed by atoms with Gasteiger partial charge in [0.1, 0.15) is 0 Å². The van der Waals surface area contributed by atoms with Crippen LogP contribution in [0.4, 0.5) is 0 Å². The third-order valence-corrected chi connectivity index (χ3v) is 3.75. The fourth-order valence-corrected chi connectivity index (χ4v) is 2.76. The lowest BCUT2D eigenvalue weighted by atomic mass is 10.0. The van der Waals surface area contributed by atoms with Crippen molar-refractivity contribution in [1.82, 2.24) is 0 Å². The van der Waals surface area contributed by atoms with Gasteiger partial charge in [0, 0.05) is 14.7 Å². The van der Waals surface area contributed by atoms with Crippen molar-refractivity contribution in [1.29, 1.82) is 0 Å². The van der Waals surface area contributed by atoms with Crippen LogP contribution in [0.3, 0.4) is 0 Å². The Hall–Kier alpha value is -1.16. The fourth-order valence-electron chi connectivity index (χ4n) is 1.93. The quantitative estimate of drug-likeness (QED) is 0.587. The number of rotatable bonds is 4. The van der Waals surface area contributed by atoms with Crippen LogP contribution in [0.5, 0.6) is 0 Å². The summed E-state index contributed by atoms with van der Waals surface area (Å²) in [6.45, 7) is 2.16. The van der Waals surface area contributed by atoms with Crippen molar-refractivity contribution in [2.45, 2.75) is 19.8 Å². The average molecular weight is 350 g/mol. The van der Waals surface area contributed by atoms with Gasteiger partial charge >= 0.3 is 0 Å². The summed E-state index contributed by atoms with van der Waals surface area (Å²) < 4.78 is 1.03. The normalized spacial score (nSPS) is 10.3. The Morgan fingerprint density at radius 2 is 1.83 bits per heavy atom. The first-order valence-electron chi connectivity index (χ1n) is 6.10. The third kappa shape index (κ3) is 2.99. The maximum atomic E-state index is 12.3. The molecule has 0 spiro atoms. The number of hydrogen-bond acceptors (Lipinski definition) is 1. The largest absolute Gasteiger partial charge is 0.289 e. The number of carbonyl (C=O) groups is 1. The minimum atomic E-state index is 0.100. The van der Waals surface area contributed by atoms with E-state index in [-0.39, 0.29) is 5.78 Å². The van der Waals surface area contributed by atoms with Gasteiger partial charge in [0.25, 0.3) is 0 Å². The molecule has 0 aromatic heterocycles. The summed E-state index contributed by atoms with van der Waals surface area (Å²) >= 11 is 2.25. The summed E-state index contributed by atoms with van der Waals surface area (Å²) in [6, 6.07) is 15.5. The van der Waals surface area contributed by atoms with Gasteiger partial charge in [-0.1, -0.05) is 49.7 Å². The van der Waals surface area contributed by atoms with E-state index in [1.54, 1.807) is 0 Å². The van der Waals surface area contributed by atoms with E-state index in [1.807, 2.05) is 36.4 Å². The molecule has 2 aromatic carbocycles. The Morgan fingerprint density at radius 1 is 1.11 bits per heavy atom. The molecule has 18 heavy (non-hydrogen) atoms. The van der Waals surface area contributed by atoms with Crippen LogP contribution in [0.25, 0.3) is 0 Å². The molecule has 0 saturated carbocycles. The van der Waals surface area contributed by atoms with Gasteiger partial charge in [-0.05, 0) is 46.7 Å². The number of halogens is 1. The molecule has 2 aromatic rings. The van der Waals surface area contributed by atoms with Crippen LogP contribution in [-0.4, -0.2) is 5.78 Å². The lowest BCUT2D eigenvalue weighted by Crippen LogP contribution is -2.04. The van der Waals surface area contributed by atoms with Gasteiger partial charge < -0.3 is 0 Å². The summed E-state index contributed by atoms with van der Waals surface area (Å²) in [6.07, 6.45) is 2.19. The Labute approximate surface area is 121 Å². The molecule has 0 N–H and O–H groups in total. The molecule has 0 amide bonds. The minimum absolute atomic E-state index is 0.100. The molecule has 0 fully saturated rings. The highest BCUT2D eigenvalue weighted by Crippen LogP contribution is 2.19.